The Balaban J connectivity index is 0.950. The monoisotopic (exact) mass is 797 g/mol. The fourth-order valence-electron chi connectivity index (χ4n) is 7.85. The quantitative estimate of drug-likeness (QED) is 0.108. The van der Waals surface area contributed by atoms with Crippen molar-refractivity contribution in [2.75, 3.05) is 18.9 Å². The van der Waals surface area contributed by atoms with Crippen LogP contribution in [0.15, 0.2) is 170 Å². The number of aliphatic hydroxyl groups is 1. The number of ether oxygens (including phenoxy) is 3. The number of urea groups is 1. The molecule has 7 aromatic rings. The molecule has 8 heteroatoms. The molecule has 5 unspecified atom stereocenters. The van der Waals surface area contributed by atoms with Crippen LogP contribution in [-0.4, -0.2) is 35.7 Å². The van der Waals surface area contributed by atoms with Crippen molar-refractivity contribution in [3.8, 4) is 22.6 Å². The Kier molecular flexibility index (Phi) is 12.6. The minimum absolute atomic E-state index is 0.00755. The molecule has 0 bridgehead atoms. The predicted octanol–water partition coefficient (Wildman–Crippen LogP) is 11.6. The number of anilines is 1. The second-order valence-electron chi connectivity index (χ2n) is 15.6. The number of aliphatic hydroxyl groups excluding tert-OH is 1. The molecule has 1 saturated heterocycles. The number of para-hydroxylation sites is 1. The van der Waals surface area contributed by atoms with Crippen LogP contribution in [0.4, 0.5) is 10.5 Å². The van der Waals surface area contributed by atoms with E-state index in [9.17, 15) is 9.90 Å². The lowest BCUT2D eigenvalue weighted by Crippen LogP contribution is -2.44. The normalized spacial score (nSPS) is 18.2. The van der Waals surface area contributed by atoms with Gasteiger partial charge in [-0.25, -0.2) is 4.79 Å². The van der Waals surface area contributed by atoms with Crippen LogP contribution in [0.3, 0.4) is 0 Å². The van der Waals surface area contributed by atoms with Gasteiger partial charge in [-0.05, 0) is 101 Å². The van der Waals surface area contributed by atoms with Crippen molar-refractivity contribution in [2.45, 2.75) is 51.5 Å². The van der Waals surface area contributed by atoms with Crippen LogP contribution in [0.2, 0.25) is 0 Å². The zero-order valence-electron chi connectivity index (χ0n) is 34.2. The molecule has 8 nitrogen and oxygen atoms in total. The lowest BCUT2D eigenvalue weighted by atomic mass is 9.89. The Morgan fingerprint density at radius 3 is 2.15 bits per heavy atom. The summed E-state index contributed by atoms with van der Waals surface area (Å²) in [4.78, 5) is 15.3. The van der Waals surface area contributed by atoms with Crippen LogP contribution >= 0.6 is 0 Å². The van der Waals surface area contributed by atoms with Gasteiger partial charge < -0.3 is 30.0 Å². The summed E-state index contributed by atoms with van der Waals surface area (Å²) in [5.41, 5.74) is 7.79. The maximum absolute atomic E-state index is 13.0. The van der Waals surface area contributed by atoms with E-state index >= 15 is 0 Å². The summed E-state index contributed by atoms with van der Waals surface area (Å²) in [6.07, 6.45) is -0.937. The van der Waals surface area contributed by atoms with Gasteiger partial charge in [-0.2, -0.15) is 0 Å². The average Bonchev–Trinajstić information content (AvgIpc) is 3.29. The molecule has 0 saturated carbocycles. The fourth-order valence-corrected chi connectivity index (χ4v) is 7.85. The van der Waals surface area contributed by atoms with Crippen LogP contribution in [0.25, 0.3) is 21.9 Å². The molecule has 1 aliphatic rings. The topological polar surface area (TPSA) is 92.3 Å². The van der Waals surface area contributed by atoms with E-state index in [1.165, 1.54) is 16.3 Å². The summed E-state index contributed by atoms with van der Waals surface area (Å²) >= 11 is 0. The first-order valence-corrected chi connectivity index (χ1v) is 20.6. The lowest BCUT2D eigenvalue weighted by Gasteiger charge is -2.43. The molecule has 1 aliphatic heterocycles. The lowest BCUT2D eigenvalue weighted by molar-refractivity contribution is -0.276. The van der Waals surface area contributed by atoms with E-state index in [0.29, 0.717) is 24.5 Å². The summed E-state index contributed by atoms with van der Waals surface area (Å²) < 4.78 is 19.5. The molecule has 2 amide bonds. The Morgan fingerprint density at radius 2 is 1.40 bits per heavy atom. The number of benzene rings is 7. The largest absolute Gasteiger partial charge is 0.457 e. The van der Waals surface area contributed by atoms with Crippen LogP contribution in [0.5, 0.6) is 11.5 Å². The molecule has 0 aromatic heterocycles. The van der Waals surface area contributed by atoms with Gasteiger partial charge in [-0.1, -0.05) is 134 Å². The first kappa shape index (κ1) is 40.5. The highest BCUT2D eigenvalue weighted by atomic mass is 16.7. The second-order valence-corrected chi connectivity index (χ2v) is 15.6. The zero-order chi connectivity index (χ0) is 41.4. The minimum Gasteiger partial charge on any atom is -0.457 e. The summed E-state index contributed by atoms with van der Waals surface area (Å²) in [7, 11) is 2.16. The maximum Gasteiger partial charge on any atom is 0.319 e. The number of amides is 2. The molecule has 0 radical (unpaired) electrons. The Hall–Kier alpha value is -6.29. The zero-order valence-corrected chi connectivity index (χ0v) is 34.2. The van der Waals surface area contributed by atoms with Gasteiger partial charge >= 0.3 is 6.03 Å². The van der Waals surface area contributed by atoms with E-state index in [4.69, 9.17) is 14.2 Å². The molecule has 3 N–H and O–H groups in total. The number of nitrogens with one attached hydrogen (secondary N) is 2. The van der Waals surface area contributed by atoms with E-state index in [-0.39, 0.29) is 36.8 Å². The van der Waals surface area contributed by atoms with Gasteiger partial charge in [0.25, 0.3) is 0 Å². The first-order valence-electron chi connectivity index (χ1n) is 20.6. The standard InChI is InChI=1S/C52H51N3O5/c1-35-49(33-55(3)36(2)42-26-21-38-11-7-8-12-43(38)31-42)59-51(60-50(35)40-19-17-37(34-56)18-20-40)41-24-22-39(23-25-41)48-16-10-9-13-44(48)32-53-52(57)54-45-27-29-47(30-28-45)58-46-14-5-4-6-15-46/h4-31,35-36,49-51,56H,32-34H2,1-3H3,(H2,53,54,57). The van der Waals surface area contributed by atoms with Crippen molar-refractivity contribution >= 4 is 22.5 Å². The smallest absolute Gasteiger partial charge is 0.319 e. The summed E-state index contributed by atoms with van der Waals surface area (Å²) in [6.45, 7) is 5.49. The van der Waals surface area contributed by atoms with Gasteiger partial charge in [0.1, 0.15) is 11.5 Å². The van der Waals surface area contributed by atoms with Crippen molar-refractivity contribution in [3.63, 3.8) is 0 Å². The molecule has 5 atom stereocenters. The second kappa shape index (κ2) is 18.7. The Labute approximate surface area is 352 Å². The molecule has 1 heterocycles. The van der Waals surface area contributed by atoms with Crippen molar-refractivity contribution in [1.29, 1.82) is 0 Å². The van der Waals surface area contributed by atoms with Crippen LogP contribution in [0.1, 0.15) is 60.1 Å². The number of hydrogen-bond acceptors (Lipinski definition) is 6. The van der Waals surface area contributed by atoms with E-state index in [1.54, 1.807) is 0 Å². The fraction of sp³-hybridized carbons (Fsp3) is 0.212. The number of carbonyl (C=O) groups excluding carboxylic acids is 1. The van der Waals surface area contributed by atoms with Crippen molar-refractivity contribution < 1.29 is 24.1 Å². The third-order valence-electron chi connectivity index (χ3n) is 11.6. The van der Waals surface area contributed by atoms with Crippen LogP contribution in [-0.2, 0) is 22.6 Å². The van der Waals surface area contributed by atoms with Crippen molar-refractivity contribution in [1.82, 2.24) is 10.2 Å². The molecule has 60 heavy (non-hydrogen) atoms. The van der Waals surface area contributed by atoms with Gasteiger partial charge in [0.15, 0.2) is 6.29 Å². The molecule has 1 fully saturated rings. The molecule has 304 valence electrons. The highest BCUT2D eigenvalue weighted by Crippen LogP contribution is 2.43. The average molecular weight is 798 g/mol. The highest BCUT2D eigenvalue weighted by molar-refractivity contribution is 5.89. The number of carbonyl (C=O) groups is 1. The minimum atomic E-state index is -0.591. The predicted molar refractivity (Wildman–Crippen MR) is 239 cm³/mol. The maximum atomic E-state index is 13.0. The number of fused-ring (bicyclic) bond motifs is 1. The molecular formula is C52H51N3O5. The van der Waals surface area contributed by atoms with Gasteiger partial charge in [-0.15, -0.1) is 0 Å². The van der Waals surface area contributed by atoms with E-state index in [2.05, 4.69) is 121 Å². The van der Waals surface area contributed by atoms with Crippen molar-refractivity contribution in [3.05, 3.63) is 198 Å². The highest BCUT2D eigenvalue weighted by Gasteiger charge is 2.39. The molecule has 8 rings (SSSR count). The van der Waals surface area contributed by atoms with E-state index in [1.807, 2.05) is 84.9 Å². The molecule has 0 aliphatic carbocycles. The van der Waals surface area contributed by atoms with Crippen LogP contribution in [0, 0.1) is 5.92 Å². The first-order chi connectivity index (χ1) is 29.3. The number of rotatable bonds is 13. The van der Waals surface area contributed by atoms with Gasteiger partial charge in [0, 0.05) is 36.3 Å². The molecule has 7 aromatic carbocycles. The summed E-state index contributed by atoms with van der Waals surface area (Å²) in [6, 6.07) is 56.3. The number of nitrogens with zero attached hydrogens (tertiary/aromatic N) is 1. The van der Waals surface area contributed by atoms with Gasteiger partial charge in [0.2, 0.25) is 0 Å². The summed E-state index contributed by atoms with van der Waals surface area (Å²) in [5.74, 6) is 1.49. The third-order valence-corrected chi connectivity index (χ3v) is 11.6. The Morgan fingerprint density at radius 1 is 0.733 bits per heavy atom. The number of likely N-dealkylation sites (N-methyl/N-ethyl adjacent to an activating group) is 1. The van der Waals surface area contributed by atoms with E-state index in [0.717, 1.165) is 39.1 Å². The van der Waals surface area contributed by atoms with Gasteiger partial charge in [-0.3, -0.25) is 4.90 Å². The van der Waals surface area contributed by atoms with Gasteiger partial charge in [0.05, 0.1) is 18.8 Å². The SMILES string of the molecule is CC1C(CN(C)C(C)c2ccc3ccccc3c2)OC(c2ccc(-c3ccccc3CNC(=O)Nc3ccc(Oc4ccccc4)cc3)cc2)OC1c1ccc(CO)cc1. The van der Waals surface area contributed by atoms with E-state index < -0.39 is 6.29 Å². The molecular weight excluding hydrogens is 747 g/mol. The van der Waals surface area contributed by atoms with Crippen LogP contribution < -0.4 is 15.4 Å². The summed E-state index contributed by atoms with van der Waals surface area (Å²) in [5, 5.41) is 18.1. The number of hydrogen-bond donors (Lipinski definition) is 3. The van der Waals surface area contributed by atoms with Crippen molar-refractivity contribution in [2.24, 2.45) is 5.92 Å². The molecule has 0 spiro atoms. The third kappa shape index (κ3) is 9.60. The Bertz CT molecular complexity index is 2490.